The Morgan fingerprint density at radius 1 is 1.11 bits per heavy atom. The molecule has 0 bridgehead atoms. The summed E-state index contributed by atoms with van der Waals surface area (Å²) in [7, 11) is 0. The van der Waals surface area contributed by atoms with E-state index in [-0.39, 0.29) is 11.4 Å². The number of rotatable bonds is 1. The molecule has 1 aromatic rings. The van der Waals surface area contributed by atoms with Crippen LogP contribution in [-0.2, 0) is 5.54 Å². The monoisotopic (exact) mass is 240 g/mol. The van der Waals surface area contributed by atoms with Crippen LogP contribution in [-0.4, -0.2) is 27.0 Å². The molecular formula is C12H12N6. The number of nitrogens with two attached hydrogens (primary N) is 2. The molecule has 0 amide bonds. The average Bonchev–Trinajstić information content (AvgIpc) is 2.42. The Morgan fingerprint density at radius 3 is 2.33 bits per heavy atom. The molecule has 6 heteroatoms. The third-order valence-corrected chi connectivity index (χ3v) is 2.98. The number of benzene rings is 1. The van der Waals surface area contributed by atoms with Crippen LogP contribution in [0.25, 0.3) is 11.1 Å². The SMILES string of the molecule is [N-]=[N+]=C1C(=[N+]=[N-])C(N)(c2ccccc2)C=CC1N. The Morgan fingerprint density at radius 2 is 1.78 bits per heavy atom. The maximum Gasteiger partial charge on any atom is 0.405 e. The van der Waals surface area contributed by atoms with Crippen LogP contribution < -0.4 is 11.5 Å². The van der Waals surface area contributed by atoms with Crippen molar-refractivity contribution in [3.8, 4) is 0 Å². The molecule has 0 fully saturated rings. The largest absolute Gasteiger partial charge is 0.405 e. The van der Waals surface area contributed by atoms with Gasteiger partial charge in [0.25, 0.3) is 0 Å². The molecule has 1 aliphatic carbocycles. The minimum Gasteiger partial charge on any atom is -0.361 e. The Balaban J connectivity index is 2.68. The number of hydrogen-bond acceptors (Lipinski definition) is 2. The van der Waals surface area contributed by atoms with Crippen molar-refractivity contribution in [1.82, 2.24) is 0 Å². The van der Waals surface area contributed by atoms with Gasteiger partial charge in [-0.15, -0.1) is 0 Å². The van der Waals surface area contributed by atoms with E-state index in [9.17, 15) is 0 Å². The van der Waals surface area contributed by atoms with Gasteiger partial charge >= 0.3 is 11.4 Å². The highest BCUT2D eigenvalue weighted by molar-refractivity contribution is 6.44. The molecule has 2 rings (SSSR count). The lowest BCUT2D eigenvalue weighted by atomic mass is 9.78. The molecule has 0 saturated heterocycles. The van der Waals surface area contributed by atoms with Crippen LogP contribution in [0, 0.1) is 0 Å². The summed E-state index contributed by atoms with van der Waals surface area (Å²) in [5.74, 6) is 0. The predicted molar refractivity (Wildman–Crippen MR) is 66.7 cm³/mol. The molecule has 90 valence electrons. The molecule has 0 radical (unpaired) electrons. The summed E-state index contributed by atoms with van der Waals surface area (Å²) in [6.45, 7) is 0. The summed E-state index contributed by atoms with van der Waals surface area (Å²) < 4.78 is 0. The second-order valence-corrected chi connectivity index (χ2v) is 4.05. The van der Waals surface area contributed by atoms with Crippen LogP contribution in [0.5, 0.6) is 0 Å². The first-order valence-corrected chi connectivity index (χ1v) is 5.37. The lowest BCUT2D eigenvalue weighted by Gasteiger charge is -2.24. The smallest absolute Gasteiger partial charge is 0.361 e. The van der Waals surface area contributed by atoms with E-state index in [0.717, 1.165) is 0 Å². The highest BCUT2D eigenvalue weighted by Crippen LogP contribution is 2.25. The lowest BCUT2D eigenvalue weighted by molar-refractivity contribution is -0.0321. The maximum absolute atomic E-state index is 9.13. The van der Waals surface area contributed by atoms with Gasteiger partial charge < -0.3 is 22.5 Å². The van der Waals surface area contributed by atoms with E-state index in [1.807, 2.05) is 18.2 Å². The number of hydrogen-bond donors (Lipinski definition) is 2. The minimum atomic E-state index is -1.16. The van der Waals surface area contributed by atoms with Gasteiger partial charge in [0, 0.05) is 0 Å². The highest BCUT2D eigenvalue weighted by atomic mass is 15.0. The van der Waals surface area contributed by atoms with Crippen LogP contribution in [0.1, 0.15) is 5.56 Å². The Labute approximate surface area is 104 Å². The first-order chi connectivity index (χ1) is 8.63. The second kappa shape index (κ2) is 4.49. The minimum absolute atomic E-state index is 0.0335. The molecule has 0 spiro atoms. The standard InChI is InChI=1S/C12H12N6/c13-9-6-7-12(14,8-4-2-1-3-5-8)11(18-16)10(9)17-15/h1-7,9H,13-14H2. The molecule has 4 N–H and O–H groups in total. The van der Waals surface area contributed by atoms with Crippen molar-refractivity contribution in [3.05, 3.63) is 59.1 Å². The van der Waals surface area contributed by atoms with E-state index in [4.69, 9.17) is 22.5 Å². The van der Waals surface area contributed by atoms with Crippen molar-refractivity contribution in [2.45, 2.75) is 11.6 Å². The van der Waals surface area contributed by atoms with Crippen molar-refractivity contribution < 1.29 is 9.58 Å². The summed E-state index contributed by atoms with van der Waals surface area (Å²) >= 11 is 0. The highest BCUT2D eigenvalue weighted by Gasteiger charge is 2.51. The molecule has 1 aliphatic rings. The van der Waals surface area contributed by atoms with Crippen LogP contribution in [0.3, 0.4) is 0 Å². The molecule has 0 saturated carbocycles. The van der Waals surface area contributed by atoms with Crippen LogP contribution >= 0.6 is 0 Å². The summed E-state index contributed by atoms with van der Waals surface area (Å²) in [4.78, 5) is 6.22. The number of nitrogens with zero attached hydrogens (tertiary/aromatic N) is 4. The van der Waals surface area contributed by atoms with Gasteiger partial charge in [-0.25, -0.2) is 0 Å². The second-order valence-electron chi connectivity index (χ2n) is 4.05. The van der Waals surface area contributed by atoms with Gasteiger partial charge in [-0.1, -0.05) is 36.4 Å². The van der Waals surface area contributed by atoms with E-state index < -0.39 is 11.6 Å². The Hall–Kier alpha value is -2.36. The quantitative estimate of drug-likeness (QED) is 0.410. The predicted octanol–water partition coefficient (Wildman–Crippen LogP) is 0.0793. The summed E-state index contributed by atoms with van der Waals surface area (Å²) in [5, 5.41) is 0. The third kappa shape index (κ3) is 1.72. The van der Waals surface area contributed by atoms with Gasteiger partial charge in [0.1, 0.15) is 6.04 Å². The van der Waals surface area contributed by atoms with Gasteiger partial charge in [-0.05, 0) is 11.6 Å². The van der Waals surface area contributed by atoms with E-state index in [0.29, 0.717) is 5.56 Å². The molecule has 2 unspecified atom stereocenters. The summed E-state index contributed by atoms with van der Waals surface area (Å²) in [6, 6.07) is 8.42. The topological polar surface area (TPSA) is 125 Å². The molecule has 18 heavy (non-hydrogen) atoms. The van der Waals surface area contributed by atoms with Gasteiger partial charge in [0.2, 0.25) is 0 Å². The van der Waals surface area contributed by atoms with Gasteiger partial charge in [0.15, 0.2) is 5.54 Å². The third-order valence-electron chi connectivity index (χ3n) is 2.98. The molecule has 6 nitrogen and oxygen atoms in total. The zero-order valence-electron chi connectivity index (χ0n) is 9.56. The maximum atomic E-state index is 9.13. The van der Waals surface area contributed by atoms with Crippen molar-refractivity contribution >= 4 is 11.4 Å². The van der Waals surface area contributed by atoms with E-state index in [2.05, 4.69) is 9.58 Å². The lowest BCUT2D eigenvalue weighted by Crippen LogP contribution is -2.55. The van der Waals surface area contributed by atoms with Crippen molar-refractivity contribution in [2.75, 3.05) is 0 Å². The van der Waals surface area contributed by atoms with Gasteiger partial charge in [-0.3, -0.25) is 0 Å². The fraction of sp³-hybridized carbons (Fsp3) is 0.167. The van der Waals surface area contributed by atoms with E-state index in [1.54, 1.807) is 24.3 Å². The van der Waals surface area contributed by atoms with Crippen LogP contribution in [0.4, 0.5) is 0 Å². The van der Waals surface area contributed by atoms with Crippen LogP contribution in [0.2, 0.25) is 0 Å². The van der Waals surface area contributed by atoms with Crippen molar-refractivity contribution in [1.29, 1.82) is 0 Å². The average molecular weight is 240 g/mol. The molecular weight excluding hydrogens is 228 g/mol. The molecule has 0 aromatic heterocycles. The van der Waals surface area contributed by atoms with Crippen LogP contribution in [0.15, 0.2) is 42.5 Å². The van der Waals surface area contributed by atoms with E-state index in [1.165, 1.54) is 0 Å². The molecule has 1 aromatic carbocycles. The molecule has 0 aliphatic heterocycles. The first-order valence-electron chi connectivity index (χ1n) is 5.37. The van der Waals surface area contributed by atoms with E-state index >= 15 is 0 Å². The summed E-state index contributed by atoms with van der Waals surface area (Å²) in [5.41, 5.74) is 29.7. The Bertz CT molecular complexity index is 592. The zero-order valence-corrected chi connectivity index (χ0v) is 9.56. The first kappa shape index (κ1) is 12.1. The van der Waals surface area contributed by atoms with Gasteiger partial charge in [0.05, 0.1) is 0 Å². The zero-order chi connectivity index (χ0) is 13.2. The molecule has 2 atom stereocenters. The Kier molecular flexibility index (Phi) is 3.02. The normalized spacial score (nSPS) is 26.7. The summed E-state index contributed by atoms with van der Waals surface area (Å²) in [6.07, 6.45) is 3.24. The fourth-order valence-corrected chi connectivity index (χ4v) is 1.99. The van der Waals surface area contributed by atoms with Gasteiger partial charge in [-0.2, -0.15) is 9.58 Å². The van der Waals surface area contributed by atoms with Crippen molar-refractivity contribution in [2.24, 2.45) is 11.5 Å². The van der Waals surface area contributed by atoms with Crippen molar-refractivity contribution in [3.63, 3.8) is 0 Å². The molecule has 0 heterocycles. The fourth-order valence-electron chi connectivity index (χ4n) is 1.99.